The molecule has 4 atom stereocenters. The van der Waals surface area contributed by atoms with E-state index in [9.17, 15) is 15.2 Å². The number of benzene rings is 1. The number of carbonyl (C=O) groups excluding carboxylic acids is 1. The molecule has 1 aromatic heterocycles. The molecule has 1 aromatic carbocycles. The van der Waals surface area contributed by atoms with Crippen LogP contribution in [0.3, 0.4) is 0 Å². The van der Waals surface area contributed by atoms with Crippen LogP contribution in [0.1, 0.15) is 18.2 Å². The largest absolute Gasteiger partial charge is 0.618 e. The molecular weight excluding hydrogens is 324 g/mol. The number of ether oxygens (including phenoxy) is 1. The molecule has 0 saturated carbocycles. The molecule has 0 aliphatic carbocycles. The topological polar surface area (TPSA) is 114 Å². The van der Waals surface area contributed by atoms with Gasteiger partial charge in [-0.05, 0) is 18.6 Å². The van der Waals surface area contributed by atoms with Crippen molar-refractivity contribution in [2.45, 2.75) is 31.3 Å². The Morgan fingerprint density at radius 2 is 2.00 bits per heavy atom. The molecule has 2 heterocycles. The molecule has 3 rings (SSSR count). The van der Waals surface area contributed by atoms with Crippen LogP contribution in [0.4, 0.5) is 0 Å². The molecule has 1 saturated heterocycles. The van der Waals surface area contributed by atoms with Gasteiger partial charge in [0, 0.05) is 12.1 Å². The summed E-state index contributed by atoms with van der Waals surface area (Å²) in [5, 5.41) is 24.9. The highest BCUT2D eigenvalue weighted by atomic mass is 16.6. The first-order valence-corrected chi connectivity index (χ1v) is 7.88. The van der Waals surface area contributed by atoms with Crippen molar-refractivity contribution < 1.29 is 19.0 Å². The van der Waals surface area contributed by atoms with E-state index in [1.54, 1.807) is 12.1 Å². The van der Waals surface area contributed by atoms with Crippen molar-refractivity contribution in [3.05, 3.63) is 76.4 Å². The summed E-state index contributed by atoms with van der Waals surface area (Å²) in [7, 11) is 0. The van der Waals surface area contributed by atoms with E-state index in [1.165, 1.54) is 19.2 Å². The van der Waals surface area contributed by atoms with Crippen LogP contribution in [0.5, 0.6) is 0 Å². The van der Waals surface area contributed by atoms with E-state index in [2.05, 4.69) is 5.43 Å². The second kappa shape index (κ2) is 6.51. The molecule has 1 aliphatic rings. The van der Waals surface area contributed by atoms with Crippen LogP contribution >= 0.6 is 0 Å². The Morgan fingerprint density at radius 1 is 1.32 bits per heavy atom. The number of pyridine rings is 1. The predicted molar refractivity (Wildman–Crippen MR) is 88.6 cm³/mol. The van der Waals surface area contributed by atoms with Crippen molar-refractivity contribution in [1.29, 1.82) is 0 Å². The Bertz CT molecular complexity index is 759. The summed E-state index contributed by atoms with van der Waals surface area (Å²) >= 11 is 0. The number of hydrogen-bond acceptors (Lipinski definition) is 6. The third kappa shape index (κ3) is 2.90. The first kappa shape index (κ1) is 17.5. The summed E-state index contributed by atoms with van der Waals surface area (Å²) in [5.74, 6) is 0. The fourth-order valence-electron chi connectivity index (χ4n) is 3.10. The lowest BCUT2D eigenvalue weighted by molar-refractivity contribution is -0.856. The van der Waals surface area contributed by atoms with Gasteiger partial charge in [-0.2, -0.15) is 4.73 Å². The van der Waals surface area contributed by atoms with Gasteiger partial charge in [0.15, 0.2) is 12.4 Å². The fraction of sp³-hybridized carbons (Fsp3) is 0.294. The van der Waals surface area contributed by atoms with Crippen molar-refractivity contribution in [1.82, 2.24) is 5.43 Å². The number of nitrogens with one attached hydrogen (secondary N) is 1. The zero-order valence-corrected chi connectivity index (χ0v) is 13.7. The van der Waals surface area contributed by atoms with Gasteiger partial charge in [-0.3, -0.25) is 0 Å². The average Bonchev–Trinajstić information content (AvgIpc) is 2.83. The van der Waals surface area contributed by atoms with Crippen molar-refractivity contribution in [2.75, 3.05) is 0 Å². The second-order valence-electron chi connectivity index (χ2n) is 6.14. The standard InChI is InChI=1S/C17H20N4O4/c1-13-17(18,15-9-5-6-10-20(15)23)16(19-21(13,24)12-22)25-11-14-7-3-2-4-8-14/h2-10,12-13,16,19H,11,18H2,1H3. The summed E-state index contributed by atoms with van der Waals surface area (Å²) < 4.78 is 5.02. The Morgan fingerprint density at radius 3 is 2.64 bits per heavy atom. The highest BCUT2D eigenvalue weighted by Crippen LogP contribution is 2.36. The second-order valence-corrected chi connectivity index (χ2v) is 6.14. The monoisotopic (exact) mass is 344 g/mol. The van der Waals surface area contributed by atoms with E-state index in [1.807, 2.05) is 30.3 Å². The molecule has 3 N–H and O–H groups in total. The molecule has 1 fully saturated rings. The Kier molecular flexibility index (Phi) is 4.55. The van der Waals surface area contributed by atoms with E-state index >= 15 is 0 Å². The Balaban J connectivity index is 1.96. The number of rotatable bonds is 5. The maximum atomic E-state index is 12.7. The number of nitrogens with two attached hydrogens (primary N) is 1. The van der Waals surface area contributed by atoms with E-state index in [0.29, 0.717) is 4.73 Å². The van der Waals surface area contributed by atoms with Gasteiger partial charge in [0.25, 0.3) is 0 Å². The molecule has 0 radical (unpaired) electrons. The normalized spacial score (nSPS) is 31.8. The molecule has 1 amide bonds. The maximum absolute atomic E-state index is 12.7. The highest BCUT2D eigenvalue weighted by Gasteiger charge is 2.62. The lowest BCUT2D eigenvalue weighted by Crippen LogP contribution is -2.60. The van der Waals surface area contributed by atoms with Crippen LogP contribution in [-0.4, -0.2) is 23.4 Å². The van der Waals surface area contributed by atoms with E-state index in [4.69, 9.17) is 10.5 Å². The van der Waals surface area contributed by atoms with Gasteiger partial charge in [-0.1, -0.05) is 30.3 Å². The zero-order chi connectivity index (χ0) is 18.1. The number of aromatic nitrogens is 1. The SMILES string of the molecule is CC1C(N)(c2cccc[n+]2[O-])C(OCc2ccccc2)N[N+]1([O-])C=O. The number of quaternary nitrogens is 1. The summed E-state index contributed by atoms with van der Waals surface area (Å²) in [6, 6.07) is 13.1. The van der Waals surface area contributed by atoms with Crippen LogP contribution in [-0.2, 0) is 21.7 Å². The van der Waals surface area contributed by atoms with Crippen molar-refractivity contribution >= 4 is 6.41 Å². The molecule has 132 valence electrons. The zero-order valence-electron chi connectivity index (χ0n) is 13.7. The van der Waals surface area contributed by atoms with Gasteiger partial charge in [0.05, 0.1) is 6.61 Å². The third-order valence-corrected chi connectivity index (χ3v) is 4.70. The summed E-state index contributed by atoms with van der Waals surface area (Å²) in [5.41, 5.74) is 8.62. The van der Waals surface area contributed by atoms with E-state index in [-0.39, 0.29) is 18.7 Å². The van der Waals surface area contributed by atoms with E-state index in [0.717, 1.165) is 5.56 Å². The summed E-state index contributed by atoms with van der Waals surface area (Å²) in [6.45, 7) is 1.70. The summed E-state index contributed by atoms with van der Waals surface area (Å²) in [4.78, 5) is 11.4. The lowest BCUT2D eigenvalue weighted by Gasteiger charge is -2.36. The smallest absolute Gasteiger partial charge is 0.321 e. The Hall–Kier alpha value is -2.36. The molecule has 8 nitrogen and oxygen atoms in total. The molecule has 2 aromatic rings. The van der Waals surface area contributed by atoms with Crippen molar-refractivity contribution in [3.63, 3.8) is 0 Å². The molecule has 8 heteroatoms. The van der Waals surface area contributed by atoms with Gasteiger partial charge in [0.2, 0.25) is 11.2 Å². The molecule has 4 unspecified atom stereocenters. The van der Waals surface area contributed by atoms with Gasteiger partial charge in [-0.15, -0.1) is 5.43 Å². The first-order valence-electron chi connectivity index (χ1n) is 7.88. The number of hydroxylamine groups is 2. The minimum atomic E-state index is -1.49. The van der Waals surface area contributed by atoms with E-state index < -0.39 is 22.6 Å². The number of nitrogens with zero attached hydrogens (tertiary/aromatic N) is 2. The Labute approximate surface area is 145 Å². The third-order valence-electron chi connectivity index (χ3n) is 4.70. The molecule has 0 spiro atoms. The number of amides is 1. The average molecular weight is 344 g/mol. The minimum absolute atomic E-state index is 0.158. The molecule has 25 heavy (non-hydrogen) atoms. The maximum Gasteiger partial charge on any atom is 0.321 e. The first-order chi connectivity index (χ1) is 11.9. The summed E-state index contributed by atoms with van der Waals surface area (Å²) in [6.07, 6.45) is 0.493. The van der Waals surface area contributed by atoms with Gasteiger partial charge in [-0.25, -0.2) is 9.55 Å². The van der Waals surface area contributed by atoms with Crippen LogP contribution < -0.4 is 15.9 Å². The number of hydrogen-bond donors (Lipinski definition) is 2. The van der Waals surface area contributed by atoms with Gasteiger partial charge in [0.1, 0.15) is 6.04 Å². The van der Waals surface area contributed by atoms with Gasteiger partial charge < -0.3 is 20.9 Å². The highest BCUT2D eigenvalue weighted by molar-refractivity contribution is 5.40. The molecule has 1 aliphatic heterocycles. The quantitative estimate of drug-likeness (QED) is 0.351. The minimum Gasteiger partial charge on any atom is -0.618 e. The van der Waals surface area contributed by atoms with Crippen LogP contribution in [0, 0.1) is 10.4 Å². The fourth-order valence-corrected chi connectivity index (χ4v) is 3.10. The van der Waals surface area contributed by atoms with Crippen molar-refractivity contribution in [2.24, 2.45) is 5.73 Å². The molecular formula is C17H20N4O4. The molecule has 0 bridgehead atoms. The number of carbonyl (C=O) groups is 1. The van der Waals surface area contributed by atoms with Gasteiger partial charge >= 0.3 is 6.41 Å². The lowest BCUT2D eigenvalue weighted by atomic mass is 9.87. The predicted octanol–water partition coefficient (Wildman–Crippen LogP) is 0.395. The van der Waals surface area contributed by atoms with Crippen LogP contribution in [0.2, 0.25) is 0 Å². The van der Waals surface area contributed by atoms with Crippen LogP contribution in [0.25, 0.3) is 0 Å². The van der Waals surface area contributed by atoms with Crippen LogP contribution in [0.15, 0.2) is 54.7 Å². The van der Waals surface area contributed by atoms with Crippen molar-refractivity contribution in [3.8, 4) is 0 Å².